The van der Waals surface area contributed by atoms with Gasteiger partial charge in [0.2, 0.25) is 0 Å². The zero-order valence-corrected chi connectivity index (χ0v) is 15.9. The molecule has 0 amide bonds. The first-order chi connectivity index (χ1) is 9.44. The normalized spacial score (nSPS) is 12.5. The van der Waals surface area contributed by atoms with E-state index in [4.69, 9.17) is 0 Å². The van der Waals surface area contributed by atoms with Crippen LogP contribution in [0.3, 0.4) is 0 Å². The molecule has 0 saturated carbocycles. The molecule has 0 atom stereocenters. The van der Waals surface area contributed by atoms with Crippen molar-refractivity contribution in [2.24, 2.45) is 0 Å². The van der Waals surface area contributed by atoms with Crippen LogP contribution < -0.4 is 4.46 Å². The Morgan fingerprint density at radius 2 is 1.55 bits per heavy atom. The third-order valence-electron chi connectivity index (χ3n) is 2.66. The molecule has 2 aromatic carbocycles. The molecule has 0 saturated heterocycles. The van der Waals surface area contributed by atoms with E-state index in [1.807, 2.05) is 18.2 Å². The maximum atomic E-state index is 13.1. The molecule has 0 nitrogen and oxygen atoms in total. The molecule has 20 heavy (non-hydrogen) atoms. The number of benzene rings is 2. The summed E-state index contributed by atoms with van der Waals surface area (Å²) >= 11 is -1.53. The summed E-state index contributed by atoms with van der Waals surface area (Å²) in [6.07, 6.45) is 0. The number of hydrogen-bond donors (Lipinski definition) is 0. The second kappa shape index (κ2) is 6.75. The van der Waals surface area contributed by atoms with Gasteiger partial charge >= 0.3 is 130 Å². The van der Waals surface area contributed by atoms with Crippen LogP contribution in [0.15, 0.2) is 59.5 Å². The summed E-state index contributed by atoms with van der Waals surface area (Å²) in [6, 6.07) is 17.5. The molecule has 0 aliphatic carbocycles. The molecule has 0 N–H and O–H groups in total. The molecule has 104 valence electrons. The molecule has 0 heterocycles. The van der Waals surface area contributed by atoms with Crippen LogP contribution in [0.5, 0.6) is 0 Å². The molecule has 0 aliphatic rings. The fourth-order valence-corrected chi connectivity index (χ4v) is 10.1. The zero-order chi connectivity index (χ0) is 14.6. The topological polar surface area (TPSA) is 0 Å². The average Bonchev–Trinajstić information content (AvgIpc) is 2.38. The van der Waals surface area contributed by atoms with Crippen molar-refractivity contribution in [3.05, 3.63) is 70.9 Å². The molecular formula is C17H19FGeSe. The van der Waals surface area contributed by atoms with E-state index in [2.05, 4.69) is 46.4 Å². The van der Waals surface area contributed by atoms with Gasteiger partial charge in [-0.25, -0.2) is 0 Å². The van der Waals surface area contributed by atoms with E-state index in [0.29, 0.717) is 0 Å². The Morgan fingerprint density at radius 3 is 2.10 bits per heavy atom. The van der Waals surface area contributed by atoms with Crippen LogP contribution in [0.25, 0.3) is 4.47 Å². The quantitative estimate of drug-likeness (QED) is 0.687. The molecule has 0 aromatic heterocycles. The molecular weight excluding hydrogens is 375 g/mol. The third kappa shape index (κ3) is 4.93. The van der Waals surface area contributed by atoms with E-state index in [1.54, 1.807) is 12.1 Å². The summed E-state index contributed by atoms with van der Waals surface area (Å²) in [5.74, 6) is 6.97. The van der Waals surface area contributed by atoms with Crippen LogP contribution in [0.1, 0.15) is 5.56 Å². The van der Waals surface area contributed by atoms with Crippen molar-refractivity contribution in [1.29, 1.82) is 0 Å². The van der Waals surface area contributed by atoms with Gasteiger partial charge in [-0.1, -0.05) is 0 Å². The van der Waals surface area contributed by atoms with Crippen molar-refractivity contribution in [1.82, 2.24) is 0 Å². The first-order valence-electron chi connectivity index (χ1n) is 6.66. The van der Waals surface area contributed by atoms with Gasteiger partial charge in [0.25, 0.3) is 0 Å². The number of hydrogen-bond acceptors (Lipinski definition) is 0. The van der Waals surface area contributed by atoms with E-state index in [-0.39, 0.29) is 20.8 Å². The molecule has 0 unspecified atom stereocenters. The molecule has 3 heteroatoms. The molecule has 0 aliphatic heterocycles. The van der Waals surface area contributed by atoms with E-state index in [9.17, 15) is 4.39 Å². The predicted molar refractivity (Wildman–Crippen MR) is 89.6 cm³/mol. The number of halogens is 1. The summed E-state index contributed by atoms with van der Waals surface area (Å²) in [5.41, 5.74) is 1.16. The summed E-state index contributed by atoms with van der Waals surface area (Å²) in [5, 5.41) is 0. The van der Waals surface area contributed by atoms with E-state index >= 15 is 0 Å². The first kappa shape index (κ1) is 15.6. The Bertz CT molecular complexity index is 583. The van der Waals surface area contributed by atoms with E-state index in [1.165, 1.54) is 8.93 Å². The van der Waals surface area contributed by atoms with Gasteiger partial charge in [0.05, 0.1) is 0 Å². The monoisotopic (exact) mass is 396 g/mol. The maximum absolute atomic E-state index is 13.1. The van der Waals surface area contributed by atoms with Gasteiger partial charge in [0, 0.05) is 0 Å². The van der Waals surface area contributed by atoms with Crippen LogP contribution in [0.2, 0.25) is 17.3 Å². The Morgan fingerprint density at radius 1 is 0.950 bits per heavy atom. The summed E-state index contributed by atoms with van der Waals surface area (Å²) < 4.78 is 15.9. The first-order valence-corrected chi connectivity index (χ1v) is 15.9. The Kier molecular flexibility index (Phi) is 5.25. The molecule has 0 bridgehead atoms. The van der Waals surface area contributed by atoms with Gasteiger partial charge in [-0.3, -0.25) is 0 Å². The van der Waals surface area contributed by atoms with Crippen LogP contribution in [0, 0.1) is 5.82 Å². The van der Waals surface area contributed by atoms with E-state index < -0.39 is 13.3 Å². The standard InChI is InChI=1S/C17H19FGeSe/c1-19(2,3)13-17(14-9-11-15(18)12-10-14)20-16-7-5-4-6-8-16/h4-13H,1-3H3/b17-13-. The van der Waals surface area contributed by atoms with Crippen molar-refractivity contribution in [3.63, 3.8) is 0 Å². The molecule has 0 spiro atoms. The average molecular weight is 394 g/mol. The second-order valence-corrected chi connectivity index (χ2v) is 18.7. The van der Waals surface area contributed by atoms with Gasteiger partial charge in [-0.05, 0) is 0 Å². The van der Waals surface area contributed by atoms with Gasteiger partial charge in [0.1, 0.15) is 0 Å². The second-order valence-electron chi connectivity index (χ2n) is 5.80. The fraction of sp³-hybridized carbons (Fsp3) is 0.176. The van der Waals surface area contributed by atoms with Crippen LogP contribution in [-0.4, -0.2) is 28.2 Å². The Labute approximate surface area is 129 Å². The predicted octanol–water partition coefficient (Wildman–Crippen LogP) is 4.07. The van der Waals surface area contributed by atoms with Crippen molar-refractivity contribution in [2.75, 3.05) is 0 Å². The summed E-state index contributed by atoms with van der Waals surface area (Å²) in [7, 11) is 0. The van der Waals surface area contributed by atoms with Gasteiger partial charge < -0.3 is 0 Å². The Balaban J connectivity index is 2.35. The van der Waals surface area contributed by atoms with Crippen LogP contribution >= 0.6 is 0 Å². The van der Waals surface area contributed by atoms with Crippen molar-refractivity contribution in [3.8, 4) is 0 Å². The van der Waals surface area contributed by atoms with E-state index in [0.717, 1.165) is 5.56 Å². The third-order valence-corrected chi connectivity index (χ3v) is 8.34. The van der Waals surface area contributed by atoms with Crippen molar-refractivity contribution >= 4 is 37.2 Å². The zero-order valence-electron chi connectivity index (χ0n) is 12.1. The minimum atomic E-state index is -1.81. The SMILES string of the molecule is [CH3][Ge]([CH3])([CH3])/[CH]=C(\[Se]c1ccccc1)c1ccc(F)cc1. The number of rotatable bonds is 4. The molecule has 2 rings (SSSR count). The fourth-order valence-electron chi connectivity index (χ4n) is 1.79. The molecule has 0 radical (unpaired) electrons. The molecule has 0 fully saturated rings. The summed E-state index contributed by atoms with van der Waals surface area (Å²) in [6.45, 7) is 0. The summed E-state index contributed by atoms with van der Waals surface area (Å²) in [4.78, 5) is 2.49. The molecule has 2 aromatic rings. The van der Waals surface area contributed by atoms with Gasteiger partial charge in [0.15, 0.2) is 0 Å². The van der Waals surface area contributed by atoms with Crippen molar-refractivity contribution in [2.45, 2.75) is 17.3 Å². The Hall–Kier alpha value is -0.828. The van der Waals surface area contributed by atoms with Crippen LogP contribution in [0.4, 0.5) is 4.39 Å². The van der Waals surface area contributed by atoms with Gasteiger partial charge in [-0.15, -0.1) is 0 Å². The van der Waals surface area contributed by atoms with Crippen LogP contribution in [-0.2, 0) is 0 Å². The minimum absolute atomic E-state index is 0.169. The van der Waals surface area contributed by atoms with Crippen molar-refractivity contribution < 1.29 is 4.39 Å². The van der Waals surface area contributed by atoms with Gasteiger partial charge in [-0.2, -0.15) is 0 Å².